The number of nitrogen functional groups attached to an aromatic ring is 1. The van der Waals surface area contributed by atoms with Crippen molar-refractivity contribution in [3.8, 4) is 0 Å². The van der Waals surface area contributed by atoms with Gasteiger partial charge >= 0.3 is 0 Å². The lowest BCUT2D eigenvalue weighted by molar-refractivity contribution is 0.198. The van der Waals surface area contributed by atoms with Crippen LogP contribution in [0, 0.1) is 0 Å². The molecule has 0 fully saturated rings. The van der Waals surface area contributed by atoms with Crippen LogP contribution in [0.4, 0.5) is 17.5 Å². The maximum absolute atomic E-state index is 5.75. The third kappa shape index (κ3) is 3.90. The summed E-state index contributed by atoms with van der Waals surface area (Å²) in [7, 11) is 1.68. The summed E-state index contributed by atoms with van der Waals surface area (Å²) < 4.78 is 4.96. The van der Waals surface area contributed by atoms with Crippen molar-refractivity contribution in [3.05, 3.63) is 6.20 Å². The van der Waals surface area contributed by atoms with Gasteiger partial charge in [0.2, 0.25) is 5.95 Å². The van der Waals surface area contributed by atoms with Crippen LogP contribution >= 0.6 is 0 Å². The number of hydrogen-bond donors (Lipinski definition) is 3. The zero-order valence-electron chi connectivity index (χ0n) is 9.79. The van der Waals surface area contributed by atoms with Crippen molar-refractivity contribution in [1.82, 2.24) is 9.97 Å². The van der Waals surface area contributed by atoms with Crippen LogP contribution in [-0.4, -0.2) is 36.8 Å². The molecule has 16 heavy (non-hydrogen) atoms. The Morgan fingerprint density at radius 1 is 1.44 bits per heavy atom. The summed E-state index contributed by atoms with van der Waals surface area (Å²) in [5.41, 5.74) is 6.31. The summed E-state index contributed by atoms with van der Waals surface area (Å²) in [6.45, 7) is 4.27. The summed E-state index contributed by atoms with van der Waals surface area (Å²) in [4.78, 5) is 8.32. The normalized spacial score (nSPS) is 10.1. The second-order valence-electron chi connectivity index (χ2n) is 3.30. The van der Waals surface area contributed by atoms with Crippen LogP contribution in [0.5, 0.6) is 0 Å². The van der Waals surface area contributed by atoms with E-state index in [1.165, 1.54) is 0 Å². The molecular weight excluding hydrogens is 206 g/mol. The number of nitrogens with zero attached hydrogens (tertiary/aromatic N) is 2. The number of rotatable bonds is 7. The summed E-state index contributed by atoms with van der Waals surface area (Å²) >= 11 is 0. The summed E-state index contributed by atoms with van der Waals surface area (Å²) in [6.07, 6.45) is 2.51. The lowest BCUT2D eigenvalue weighted by Crippen LogP contribution is -2.11. The molecule has 1 rings (SSSR count). The van der Waals surface area contributed by atoms with E-state index in [9.17, 15) is 0 Å². The van der Waals surface area contributed by atoms with Crippen LogP contribution in [-0.2, 0) is 4.74 Å². The Morgan fingerprint density at radius 2 is 2.25 bits per heavy atom. The largest absolute Gasteiger partial charge is 0.394 e. The zero-order valence-corrected chi connectivity index (χ0v) is 9.79. The van der Waals surface area contributed by atoms with E-state index in [0.29, 0.717) is 17.5 Å². The highest BCUT2D eigenvalue weighted by molar-refractivity contribution is 5.61. The van der Waals surface area contributed by atoms with Crippen molar-refractivity contribution >= 4 is 17.5 Å². The average Bonchev–Trinajstić information content (AvgIpc) is 2.29. The average molecular weight is 225 g/mol. The van der Waals surface area contributed by atoms with Crippen LogP contribution in [0.2, 0.25) is 0 Å². The lowest BCUT2D eigenvalue weighted by atomic mass is 10.4. The molecule has 6 heteroatoms. The number of aromatic nitrogens is 2. The lowest BCUT2D eigenvalue weighted by Gasteiger charge is -2.09. The van der Waals surface area contributed by atoms with Gasteiger partial charge in [-0.05, 0) is 13.3 Å². The van der Waals surface area contributed by atoms with E-state index in [0.717, 1.165) is 26.1 Å². The molecule has 0 aliphatic carbocycles. The van der Waals surface area contributed by atoms with Gasteiger partial charge in [-0.1, -0.05) is 0 Å². The van der Waals surface area contributed by atoms with Crippen molar-refractivity contribution in [2.24, 2.45) is 0 Å². The van der Waals surface area contributed by atoms with Crippen LogP contribution < -0.4 is 16.4 Å². The van der Waals surface area contributed by atoms with Crippen molar-refractivity contribution < 1.29 is 4.74 Å². The highest BCUT2D eigenvalue weighted by atomic mass is 16.5. The molecule has 0 radical (unpaired) electrons. The number of nitrogens with one attached hydrogen (secondary N) is 2. The van der Waals surface area contributed by atoms with Gasteiger partial charge < -0.3 is 21.1 Å². The van der Waals surface area contributed by atoms with Gasteiger partial charge in [-0.25, -0.2) is 4.98 Å². The minimum atomic E-state index is 0.555. The first kappa shape index (κ1) is 12.5. The van der Waals surface area contributed by atoms with Crippen molar-refractivity contribution in [1.29, 1.82) is 0 Å². The molecule has 0 amide bonds. The van der Waals surface area contributed by atoms with Gasteiger partial charge in [-0.2, -0.15) is 4.98 Å². The van der Waals surface area contributed by atoms with Crippen molar-refractivity contribution in [2.45, 2.75) is 13.3 Å². The standard InChI is InChI=1S/C10H19N5O/c1-3-12-10-14-7-8(11)9(15-10)13-5-4-6-16-2/h7H,3-6,11H2,1-2H3,(H2,12,13,14,15). The molecular formula is C10H19N5O. The van der Waals surface area contributed by atoms with Crippen LogP contribution in [0.1, 0.15) is 13.3 Å². The molecule has 1 heterocycles. The van der Waals surface area contributed by atoms with E-state index in [1.54, 1.807) is 13.3 Å². The Kier molecular flexibility index (Phi) is 5.35. The fourth-order valence-corrected chi connectivity index (χ4v) is 1.20. The molecule has 90 valence electrons. The first-order chi connectivity index (χ1) is 7.77. The number of ether oxygens (including phenoxy) is 1. The minimum absolute atomic E-state index is 0.555. The molecule has 4 N–H and O–H groups in total. The predicted molar refractivity (Wildman–Crippen MR) is 65.6 cm³/mol. The first-order valence-electron chi connectivity index (χ1n) is 5.37. The summed E-state index contributed by atoms with van der Waals surface area (Å²) in [5.74, 6) is 1.26. The Labute approximate surface area is 95.6 Å². The van der Waals surface area contributed by atoms with Crippen LogP contribution in [0.3, 0.4) is 0 Å². The van der Waals surface area contributed by atoms with E-state index >= 15 is 0 Å². The van der Waals surface area contributed by atoms with Crippen LogP contribution in [0.25, 0.3) is 0 Å². The van der Waals surface area contributed by atoms with Gasteiger partial charge in [0, 0.05) is 26.8 Å². The summed E-state index contributed by atoms with van der Waals surface area (Å²) in [5, 5.41) is 6.18. The third-order valence-electron chi connectivity index (χ3n) is 1.97. The number of anilines is 3. The van der Waals surface area contributed by atoms with E-state index in [1.807, 2.05) is 6.92 Å². The molecule has 0 saturated heterocycles. The fraction of sp³-hybridized carbons (Fsp3) is 0.600. The third-order valence-corrected chi connectivity index (χ3v) is 1.97. The maximum Gasteiger partial charge on any atom is 0.224 e. The van der Waals surface area contributed by atoms with Gasteiger partial charge in [0.1, 0.15) is 0 Å². The van der Waals surface area contributed by atoms with E-state index in [4.69, 9.17) is 10.5 Å². The van der Waals surface area contributed by atoms with Gasteiger partial charge in [-0.15, -0.1) is 0 Å². The fourth-order valence-electron chi connectivity index (χ4n) is 1.20. The van der Waals surface area contributed by atoms with E-state index in [2.05, 4.69) is 20.6 Å². The molecule has 0 spiro atoms. The van der Waals surface area contributed by atoms with Crippen LogP contribution in [0.15, 0.2) is 6.20 Å². The SMILES string of the molecule is CCNc1ncc(N)c(NCCCOC)n1. The molecule has 0 aliphatic rings. The maximum atomic E-state index is 5.75. The Morgan fingerprint density at radius 3 is 2.94 bits per heavy atom. The zero-order chi connectivity index (χ0) is 11.8. The Hall–Kier alpha value is -1.56. The summed E-state index contributed by atoms with van der Waals surface area (Å²) in [6, 6.07) is 0. The second-order valence-corrected chi connectivity index (χ2v) is 3.30. The molecule has 0 atom stereocenters. The number of hydrogen-bond acceptors (Lipinski definition) is 6. The Balaban J connectivity index is 2.52. The monoisotopic (exact) mass is 225 g/mol. The molecule has 0 bridgehead atoms. The first-order valence-corrected chi connectivity index (χ1v) is 5.37. The van der Waals surface area contributed by atoms with Crippen molar-refractivity contribution in [3.63, 3.8) is 0 Å². The van der Waals surface area contributed by atoms with E-state index < -0.39 is 0 Å². The minimum Gasteiger partial charge on any atom is -0.394 e. The number of methoxy groups -OCH3 is 1. The molecule has 1 aromatic heterocycles. The molecule has 0 saturated carbocycles. The highest BCUT2D eigenvalue weighted by Gasteiger charge is 2.02. The van der Waals surface area contributed by atoms with Gasteiger partial charge in [0.15, 0.2) is 5.82 Å². The Bertz CT molecular complexity index is 318. The molecule has 6 nitrogen and oxygen atoms in total. The number of nitrogens with two attached hydrogens (primary N) is 1. The highest BCUT2D eigenvalue weighted by Crippen LogP contribution is 2.15. The topological polar surface area (TPSA) is 85.1 Å². The van der Waals surface area contributed by atoms with Gasteiger partial charge in [0.25, 0.3) is 0 Å². The predicted octanol–water partition coefficient (Wildman–Crippen LogP) is 0.939. The van der Waals surface area contributed by atoms with E-state index in [-0.39, 0.29) is 0 Å². The quantitative estimate of drug-likeness (QED) is 0.599. The second kappa shape index (κ2) is 6.84. The molecule has 1 aromatic rings. The smallest absolute Gasteiger partial charge is 0.224 e. The molecule has 0 aromatic carbocycles. The van der Waals surface area contributed by atoms with Gasteiger partial charge in [0.05, 0.1) is 11.9 Å². The molecule has 0 aliphatic heterocycles. The van der Waals surface area contributed by atoms with Crippen molar-refractivity contribution in [2.75, 3.05) is 43.2 Å². The van der Waals surface area contributed by atoms with Gasteiger partial charge in [-0.3, -0.25) is 0 Å². The molecule has 0 unspecified atom stereocenters.